The molecule has 0 radical (unpaired) electrons. The molecule has 28 heavy (non-hydrogen) atoms. The van der Waals surface area contributed by atoms with Gasteiger partial charge in [-0.05, 0) is 38.2 Å². The van der Waals surface area contributed by atoms with Gasteiger partial charge in [-0.25, -0.2) is 9.98 Å². The third-order valence-corrected chi connectivity index (χ3v) is 5.23. The second-order valence-corrected chi connectivity index (χ2v) is 7.46. The van der Waals surface area contributed by atoms with E-state index in [0.29, 0.717) is 12.6 Å². The SMILES string of the molecule is CCNC(=NCc1ccc(OC2CCCCC2)nc1)NCCN1CCOCC1. The van der Waals surface area contributed by atoms with Crippen LogP contribution in [0.15, 0.2) is 23.3 Å². The Morgan fingerprint density at radius 1 is 1.21 bits per heavy atom. The van der Waals surface area contributed by atoms with E-state index in [1.165, 1.54) is 19.3 Å². The summed E-state index contributed by atoms with van der Waals surface area (Å²) in [5.41, 5.74) is 1.08. The van der Waals surface area contributed by atoms with Crippen molar-refractivity contribution >= 4 is 5.96 Å². The smallest absolute Gasteiger partial charge is 0.213 e. The number of nitrogens with one attached hydrogen (secondary N) is 2. The molecule has 1 aromatic rings. The zero-order chi connectivity index (χ0) is 19.4. The molecule has 0 amide bonds. The van der Waals surface area contributed by atoms with Crippen molar-refractivity contribution < 1.29 is 9.47 Å². The van der Waals surface area contributed by atoms with E-state index in [2.05, 4.69) is 38.5 Å². The molecule has 2 heterocycles. The quantitative estimate of drug-likeness (QED) is 0.525. The molecule has 0 spiro atoms. The minimum atomic E-state index is 0.334. The normalized spacial score (nSPS) is 19.4. The Morgan fingerprint density at radius 2 is 2.04 bits per heavy atom. The molecule has 1 saturated heterocycles. The Kier molecular flexibility index (Phi) is 8.84. The topological polar surface area (TPSA) is 71.0 Å². The number of hydrogen-bond acceptors (Lipinski definition) is 5. The molecule has 1 aromatic heterocycles. The van der Waals surface area contributed by atoms with Gasteiger partial charge >= 0.3 is 0 Å². The molecule has 0 unspecified atom stereocenters. The summed E-state index contributed by atoms with van der Waals surface area (Å²) < 4.78 is 11.4. The molecule has 7 nitrogen and oxygen atoms in total. The molecule has 1 saturated carbocycles. The first kappa shape index (κ1) is 20.9. The fourth-order valence-corrected chi connectivity index (χ4v) is 3.60. The summed E-state index contributed by atoms with van der Waals surface area (Å²) in [7, 11) is 0. The first-order valence-corrected chi connectivity index (χ1v) is 10.8. The van der Waals surface area contributed by atoms with Gasteiger partial charge in [0.2, 0.25) is 5.88 Å². The molecule has 1 aliphatic heterocycles. The summed E-state index contributed by atoms with van der Waals surface area (Å²) >= 11 is 0. The molecule has 0 aromatic carbocycles. The summed E-state index contributed by atoms with van der Waals surface area (Å²) in [6.07, 6.45) is 8.37. The van der Waals surface area contributed by atoms with Gasteiger partial charge in [0.25, 0.3) is 0 Å². The number of guanidine groups is 1. The summed E-state index contributed by atoms with van der Waals surface area (Å²) in [6.45, 7) is 9.09. The van der Waals surface area contributed by atoms with Crippen LogP contribution in [0.4, 0.5) is 0 Å². The van der Waals surface area contributed by atoms with E-state index in [1.54, 1.807) is 0 Å². The molecule has 2 fully saturated rings. The Labute approximate surface area is 168 Å². The number of hydrogen-bond donors (Lipinski definition) is 2. The Bertz CT molecular complexity index is 581. The van der Waals surface area contributed by atoms with E-state index >= 15 is 0 Å². The maximum atomic E-state index is 6.00. The zero-order valence-corrected chi connectivity index (χ0v) is 17.2. The van der Waals surface area contributed by atoms with Crippen LogP contribution in [0, 0.1) is 0 Å². The summed E-state index contributed by atoms with van der Waals surface area (Å²) in [4.78, 5) is 11.6. The van der Waals surface area contributed by atoms with Gasteiger partial charge in [0.15, 0.2) is 5.96 Å². The van der Waals surface area contributed by atoms with Crippen molar-refractivity contribution in [2.75, 3.05) is 45.9 Å². The number of ether oxygens (including phenoxy) is 2. The molecule has 0 atom stereocenters. The highest BCUT2D eigenvalue weighted by Crippen LogP contribution is 2.22. The van der Waals surface area contributed by atoms with E-state index in [4.69, 9.17) is 9.47 Å². The number of pyridine rings is 1. The minimum absolute atomic E-state index is 0.334. The van der Waals surface area contributed by atoms with Crippen molar-refractivity contribution in [3.05, 3.63) is 23.9 Å². The Hall–Kier alpha value is -1.86. The van der Waals surface area contributed by atoms with Crippen LogP contribution in [0.2, 0.25) is 0 Å². The van der Waals surface area contributed by atoms with Crippen LogP contribution in [0.25, 0.3) is 0 Å². The number of nitrogens with zero attached hydrogens (tertiary/aromatic N) is 3. The van der Waals surface area contributed by atoms with Crippen molar-refractivity contribution in [3.63, 3.8) is 0 Å². The Balaban J connectivity index is 1.43. The first-order valence-electron chi connectivity index (χ1n) is 10.8. The fraction of sp³-hybridized carbons (Fsp3) is 0.714. The van der Waals surface area contributed by atoms with Gasteiger partial charge in [-0.1, -0.05) is 12.5 Å². The van der Waals surface area contributed by atoms with Crippen LogP contribution < -0.4 is 15.4 Å². The minimum Gasteiger partial charge on any atom is -0.474 e. The summed E-state index contributed by atoms with van der Waals surface area (Å²) in [5.74, 6) is 1.58. The lowest BCUT2D eigenvalue weighted by atomic mass is 9.98. The van der Waals surface area contributed by atoms with Crippen LogP contribution in [-0.4, -0.2) is 67.9 Å². The molecule has 7 heteroatoms. The highest BCUT2D eigenvalue weighted by Gasteiger charge is 2.15. The lowest BCUT2D eigenvalue weighted by Gasteiger charge is -2.26. The summed E-state index contributed by atoms with van der Waals surface area (Å²) in [5, 5.41) is 6.72. The second-order valence-electron chi connectivity index (χ2n) is 7.46. The molecule has 1 aliphatic carbocycles. The monoisotopic (exact) mass is 389 g/mol. The van der Waals surface area contributed by atoms with E-state index in [1.807, 2.05) is 12.3 Å². The predicted molar refractivity (Wildman–Crippen MR) is 112 cm³/mol. The highest BCUT2D eigenvalue weighted by molar-refractivity contribution is 5.79. The molecular formula is C21H35N5O2. The maximum Gasteiger partial charge on any atom is 0.213 e. The second kappa shape index (κ2) is 11.9. The van der Waals surface area contributed by atoms with Crippen molar-refractivity contribution in [2.45, 2.75) is 51.7 Å². The van der Waals surface area contributed by atoms with Crippen molar-refractivity contribution in [3.8, 4) is 5.88 Å². The van der Waals surface area contributed by atoms with Crippen LogP contribution >= 0.6 is 0 Å². The molecule has 2 aliphatic rings. The average Bonchev–Trinajstić information content (AvgIpc) is 2.74. The molecule has 156 valence electrons. The number of morpholine rings is 1. The van der Waals surface area contributed by atoms with E-state index in [9.17, 15) is 0 Å². The van der Waals surface area contributed by atoms with Gasteiger partial charge in [-0.2, -0.15) is 0 Å². The molecular weight excluding hydrogens is 354 g/mol. The van der Waals surface area contributed by atoms with Crippen molar-refractivity contribution in [2.24, 2.45) is 4.99 Å². The molecule has 0 bridgehead atoms. The first-order chi connectivity index (χ1) is 13.8. The van der Waals surface area contributed by atoms with Gasteiger partial charge in [0.1, 0.15) is 6.10 Å². The van der Waals surface area contributed by atoms with Gasteiger partial charge in [0.05, 0.1) is 19.8 Å². The van der Waals surface area contributed by atoms with Crippen LogP contribution in [0.1, 0.15) is 44.6 Å². The van der Waals surface area contributed by atoms with Gasteiger partial charge in [-0.3, -0.25) is 4.90 Å². The van der Waals surface area contributed by atoms with E-state index in [0.717, 1.165) is 76.2 Å². The molecule has 2 N–H and O–H groups in total. The van der Waals surface area contributed by atoms with Crippen molar-refractivity contribution in [1.82, 2.24) is 20.5 Å². The standard InChI is InChI=1S/C21H35N5O2/c1-2-22-21(23-10-11-26-12-14-27-15-13-26)25-17-18-8-9-20(24-16-18)28-19-6-4-3-5-7-19/h8-9,16,19H,2-7,10-15,17H2,1H3,(H2,22,23,25). The highest BCUT2D eigenvalue weighted by atomic mass is 16.5. The lowest BCUT2D eigenvalue weighted by molar-refractivity contribution is 0.0389. The lowest BCUT2D eigenvalue weighted by Crippen LogP contribution is -2.44. The van der Waals surface area contributed by atoms with Gasteiger partial charge in [0, 0.05) is 45.0 Å². The van der Waals surface area contributed by atoms with Gasteiger partial charge < -0.3 is 20.1 Å². The van der Waals surface area contributed by atoms with E-state index in [-0.39, 0.29) is 0 Å². The Morgan fingerprint density at radius 3 is 2.75 bits per heavy atom. The van der Waals surface area contributed by atoms with Crippen LogP contribution in [0.5, 0.6) is 5.88 Å². The van der Waals surface area contributed by atoms with Crippen LogP contribution in [-0.2, 0) is 11.3 Å². The van der Waals surface area contributed by atoms with Crippen molar-refractivity contribution in [1.29, 1.82) is 0 Å². The molecule has 3 rings (SSSR count). The third kappa shape index (κ3) is 7.28. The average molecular weight is 390 g/mol. The number of aliphatic imine (C=N–C) groups is 1. The van der Waals surface area contributed by atoms with E-state index < -0.39 is 0 Å². The number of aromatic nitrogens is 1. The third-order valence-electron chi connectivity index (χ3n) is 5.23. The maximum absolute atomic E-state index is 6.00. The predicted octanol–water partition coefficient (Wildman–Crippen LogP) is 2.18. The largest absolute Gasteiger partial charge is 0.474 e. The summed E-state index contributed by atoms with van der Waals surface area (Å²) in [6, 6.07) is 4.03. The number of rotatable bonds is 8. The van der Waals surface area contributed by atoms with Crippen LogP contribution in [0.3, 0.4) is 0 Å². The zero-order valence-electron chi connectivity index (χ0n) is 17.2. The van der Waals surface area contributed by atoms with Gasteiger partial charge in [-0.15, -0.1) is 0 Å². The fourth-order valence-electron chi connectivity index (χ4n) is 3.60.